The van der Waals surface area contributed by atoms with Gasteiger partial charge in [-0.05, 0) is 36.2 Å². The van der Waals surface area contributed by atoms with Crippen LogP contribution in [0.2, 0.25) is 0 Å². The lowest BCUT2D eigenvalue weighted by molar-refractivity contribution is 0.0750. The van der Waals surface area contributed by atoms with Crippen molar-refractivity contribution >= 4 is 10.8 Å². The number of hydrogen-bond donors (Lipinski definition) is 1. The zero-order chi connectivity index (χ0) is 19.8. The second-order valence-corrected chi connectivity index (χ2v) is 6.88. The van der Waals surface area contributed by atoms with Gasteiger partial charge in [0, 0.05) is 18.5 Å². The maximum absolute atomic E-state index is 10.4. The van der Waals surface area contributed by atoms with Crippen molar-refractivity contribution in [2.24, 2.45) is 0 Å². The van der Waals surface area contributed by atoms with Crippen LogP contribution in [0.1, 0.15) is 5.56 Å². The monoisotopic (exact) mass is 377 g/mol. The quantitative estimate of drug-likeness (QED) is 0.536. The maximum atomic E-state index is 10.4. The molecule has 0 aliphatic carbocycles. The van der Waals surface area contributed by atoms with E-state index >= 15 is 0 Å². The van der Waals surface area contributed by atoms with Crippen LogP contribution in [0, 0.1) is 0 Å². The van der Waals surface area contributed by atoms with Gasteiger partial charge in [0.05, 0.1) is 0 Å². The summed E-state index contributed by atoms with van der Waals surface area (Å²) in [5, 5.41) is 12.6. The van der Waals surface area contributed by atoms with Crippen molar-refractivity contribution in [2.75, 3.05) is 26.8 Å². The molecule has 4 nitrogen and oxygen atoms in total. The summed E-state index contributed by atoms with van der Waals surface area (Å²) in [4.78, 5) is 2.08. The lowest BCUT2D eigenvalue weighted by Crippen LogP contribution is -2.32. The Morgan fingerprint density at radius 3 is 2.54 bits per heavy atom. The van der Waals surface area contributed by atoms with Gasteiger partial charge < -0.3 is 14.6 Å². The van der Waals surface area contributed by atoms with E-state index in [4.69, 9.17) is 9.47 Å². The van der Waals surface area contributed by atoms with Gasteiger partial charge in [0.2, 0.25) is 0 Å². The van der Waals surface area contributed by atoms with Crippen LogP contribution < -0.4 is 9.47 Å². The highest BCUT2D eigenvalue weighted by atomic mass is 16.5. The third-order valence-corrected chi connectivity index (χ3v) is 4.45. The minimum absolute atomic E-state index is 0.257. The van der Waals surface area contributed by atoms with Gasteiger partial charge in [-0.2, -0.15) is 0 Å². The molecule has 0 spiro atoms. The molecule has 0 aromatic heterocycles. The Hall–Kier alpha value is -2.82. The molecule has 3 aromatic carbocycles. The lowest BCUT2D eigenvalue weighted by atomic mass is 10.1. The Kier molecular flexibility index (Phi) is 7.06. The molecule has 1 atom stereocenters. The average molecular weight is 377 g/mol. The van der Waals surface area contributed by atoms with Crippen molar-refractivity contribution in [1.82, 2.24) is 4.90 Å². The van der Waals surface area contributed by atoms with Crippen LogP contribution in [0.25, 0.3) is 10.8 Å². The zero-order valence-corrected chi connectivity index (χ0v) is 16.3. The first-order valence-corrected chi connectivity index (χ1v) is 9.45. The van der Waals surface area contributed by atoms with E-state index < -0.39 is 6.10 Å². The van der Waals surface area contributed by atoms with E-state index in [1.807, 2.05) is 61.6 Å². The van der Waals surface area contributed by atoms with Crippen LogP contribution in [0.3, 0.4) is 0 Å². The molecule has 0 heterocycles. The molecule has 0 fully saturated rings. The Morgan fingerprint density at radius 2 is 1.75 bits per heavy atom. The second kappa shape index (κ2) is 9.93. The fraction of sp³-hybridized carbons (Fsp3) is 0.250. The smallest absolute Gasteiger partial charge is 0.127 e. The number of fused-ring (bicyclic) bond motifs is 1. The van der Waals surface area contributed by atoms with E-state index in [-0.39, 0.29) is 6.61 Å². The van der Waals surface area contributed by atoms with Crippen molar-refractivity contribution in [3.05, 3.63) is 84.9 Å². The van der Waals surface area contributed by atoms with Crippen molar-refractivity contribution in [3.8, 4) is 11.5 Å². The highest BCUT2D eigenvalue weighted by Crippen LogP contribution is 2.25. The van der Waals surface area contributed by atoms with Gasteiger partial charge in [0.1, 0.15) is 30.8 Å². The van der Waals surface area contributed by atoms with Crippen molar-refractivity contribution < 1.29 is 14.6 Å². The highest BCUT2D eigenvalue weighted by molar-refractivity contribution is 5.88. The SMILES string of the molecule is C=CCOc1ccc(CN(C)C[C@H](O)COc2cccc3ccccc23)cc1. The van der Waals surface area contributed by atoms with E-state index in [2.05, 4.69) is 23.6 Å². The molecule has 0 saturated carbocycles. The van der Waals surface area contributed by atoms with Crippen LogP contribution in [-0.4, -0.2) is 42.9 Å². The molecule has 4 heteroatoms. The van der Waals surface area contributed by atoms with Gasteiger partial charge in [-0.1, -0.05) is 61.2 Å². The Morgan fingerprint density at radius 1 is 1.00 bits per heavy atom. The summed E-state index contributed by atoms with van der Waals surface area (Å²) >= 11 is 0. The first kappa shape index (κ1) is 19.9. The van der Waals surface area contributed by atoms with Gasteiger partial charge in [0.15, 0.2) is 0 Å². The molecule has 0 aliphatic rings. The van der Waals surface area contributed by atoms with Crippen LogP contribution in [0.5, 0.6) is 11.5 Å². The molecule has 1 N–H and O–H groups in total. The summed E-state index contributed by atoms with van der Waals surface area (Å²) in [6, 6.07) is 22.0. The fourth-order valence-corrected chi connectivity index (χ4v) is 3.14. The molecule has 0 radical (unpaired) electrons. The van der Waals surface area contributed by atoms with Gasteiger partial charge in [-0.15, -0.1) is 0 Å². The number of benzene rings is 3. The first-order valence-electron chi connectivity index (χ1n) is 9.45. The summed E-state index contributed by atoms with van der Waals surface area (Å²) in [5.41, 5.74) is 1.16. The van der Waals surface area contributed by atoms with Gasteiger partial charge in [0.25, 0.3) is 0 Å². The van der Waals surface area contributed by atoms with Crippen LogP contribution >= 0.6 is 0 Å². The van der Waals surface area contributed by atoms with Crippen LogP contribution in [0.4, 0.5) is 0 Å². The van der Waals surface area contributed by atoms with E-state index in [9.17, 15) is 5.11 Å². The Labute approximate surface area is 166 Å². The largest absolute Gasteiger partial charge is 0.490 e. The summed E-state index contributed by atoms with van der Waals surface area (Å²) in [7, 11) is 1.99. The molecular formula is C24H27NO3. The molecule has 146 valence electrons. The predicted octanol–water partition coefficient (Wildman–Crippen LogP) is 4.28. The first-order chi connectivity index (χ1) is 13.7. The number of rotatable bonds is 10. The van der Waals surface area contributed by atoms with Crippen molar-refractivity contribution in [1.29, 1.82) is 0 Å². The lowest BCUT2D eigenvalue weighted by Gasteiger charge is -2.21. The third-order valence-electron chi connectivity index (χ3n) is 4.45. The minimum atomic E-state index is -0.570. The molecule has 0 amide bonds. The van der Waals surface area contributed by atoms with Crippen molar-refractivity contribution in [3.63, 3.8) is 0 Å². The number of likely N-dealkylation sites (N-methyl/N-ethyl adjacent to an activating group) is 1. The predicted molar refractivity (Wildman–Crippen MR) is 114 cm³/mol. The molecule has 0 saturated heterocycles. The highest BCUT2D eigenvalue weighted by Gasteiger charge is 2.11. The molecule has 0 aliphatic heterocycles. The molecule has 0 unspecified atom stereocenters. The second-order valence-electron chi connectivity index (χ2n) is 6.88. The summed E-state index contributed by atoms with van der Waals surface area (Å²) in [6.07, 6.45) is 1.16. The normalized spacial score (nSPS) is 12.1. The molecule has 3 aromatic rings. The van der Waals surface area contributed by atoms with E-state index in [1.54, 1.807) is 6.08 Å². The summed E-state index contributed by atoms with van der Waals surface area (Å²) in [5.74, 6) is 1.63. The van der Waals surface area contributed by atoms with Gasteiger partial charge >= 0.3 is 0 Å². The molecule has 28 heavy (non-hydrogen) atoms. The number of hydrogen-bond acceptors (Lipinski definition) is 4. The minimum Gasteiger partial charge on any atom is -0.490 e. The molecule has 0 bridgehead atoms. The van der Waals surface area contributed by atoms with E-state index in [0.717, 1.165) is 34.4 Å². The fourth-order valence-electron chi connectivity index (χ4n) is 3.14. The zero-order valence-electron chi connectivity index (χ0n) is 16.3. The average Bonchev–Trinajstić information content (AvgIpc) is 2.71. The Bertz CT molecular complexity index is 887. The van der Waals surface area contributed by atoms with Gasteiger partial charge in [-0.25, -0.2) is 0 Å². The van der Waals surface area contributed by atoms with Gasteiger partial charge in [-0.3, -0.25) is 4.90 Å². The van der Waals surface area contributed by atoms with E-state index in [1.165, 1.54) is 0 Å². The maximum Gasteiger partial charge on any atom is 0.127 e. The molecular weight excluding hydrogens is 350 g/mol. The number of aliphatic hydroxyl groups is 1. The third kappa shape index (κ3) is 5.59. The number of nitrogens with zero attached hydrogens (tertiary/aromatic N) is 1. The number of ether oxygens (including phenoxy) is 2. The topological polar surface area (TPSA) is 41.9 Å². The number of aliphatic hydroxyl groups excluding tert-OH is 1. The van der Waals surface area contributed by atoms with Crippen molar-refractivity contribution in [2.45, 2.75) is 12.6 Å². The van der Waals surface area contributed by atoms with Crippen LogP contribution in [-0.2, 0) is 6.54 Å². The summed E-state index contributed by atoms with van der Waals surface area (Å²) in [6.45, 7) is 5.67. The summed E-state index contributed by atoms with van der Waals surface area (Å²) < 4.78 is 11.4. The van der Waals surface area contributed by atoms with Crippen LogP contribution in [0.15, 0.2) is 79.4 Å². The standard InChI is InChI=1S/C24H27NO3/c1-3-15-27-22-13-11-19(12-14-22)16-25(2)17-21(26)18-28-24-10-6-8-20-7-4-5-9-23(20)24/h3-14,21,26H,1,15-18H2,2H3/t21-/m0/s1. The van der Waals surface area contributed by atoms with E-state index in [0.29, 0.717) is 13.2 Å². The molecule has 3 rings (SSSR count). The Balaban J connectivity index is 1.48.